The van der Waals surface area contributed by atoms with Crippen molar-refractivity contribution < 1.29 is 9.47 Å². The molecule has 3 aliphatic heterocycles. The van der Waals surface area contributed by atoms with Gasteiger partial charge in [0.1, 0.15) is 0 Å². The van der Waals surface area contributed by atoms with Gasteiger partial charge in [0.05, 0.1) is 24.4 Å². The Balaban J connectivity index is 0.739. The van der Waals surface area contributed by atoms with Gasteiger partial charge in [0.25, 0.3) is 0 Å². The maximum absolute atomic E-state index is 7.14. The van der Waals surface area contributed by atoms with Gasteiger partial charge in [0.2, 0.25) is 0 Å². The average molecular weight is 840 g/mol. The Morgan fingerprint density at radius 1 is 0.300 bits per heavy atom. The van der Waals surface area contributed by atoms with Crippen molar-refractivity contribution in [3.05, 3.63) is 0 Å². The fourth-order valence-corrected chi connectivity index (χ4v) is 23.6. The van der Waals surface area contributed by atoms with Crippen LogP contribution in [0.2, 0.25) is 0 Å². The number of ether oxygens (including phenoxy) is 2. The van der Waals surface area contributed by atoms with Crippen molar-refractivity contribution in [1.29, 1.82) is 0 Å². The summed E-state index contributed by atoms with van der Waals surface area (Å²) in [6, 6.07) is 2.52. The summed E-state index contributed by atoms with van der Waals surface area (Å²) in [5.74, 6) is 14.1. The third-order valence-electron chi connectivity index (χ3n) is 23.3. The first-order chi connectivity index (χ1) is 29.7. The van der Waals surface area contributed by atoms with Crippen LogP contribution in [-0.4, -0.2) is 57.9 Å². The molecule has 0 spiro atoms. The molecule has 21 atom stereocenters. The molecule has 0 aromatic heterocycles. The van der Waals surface area contributed by atoms with E-state index in [9.17, 15) is 0 Å². The zero-order valence-electron chi connectivity index (χ0n) is 38.3. The van der Waals surface area contributed by atoms with Gasteiger partial charge in [-0.25, -0.2) is 0 Å². The Kier molecular flexibility index (Phi) is 11.6. The Morgan fingerprint density at radius 3 is 1.68 bits per heavy atom. The third kappa shape index (κ3) is 7.07. The molecule has 13 fully saturated rings. The van der Waals surface area contributed by atoms with E-state index in [0.717, 1.165) is 111 Å². The van der Waals surface area contributed by atoms with Gasteiger partial charge < -0.3 is 9.47 Å². The molecule has 0 N–H and O–H groups in total. The second-order valence-corrected chi connectivity index (χ2v) is 26.8. The maximum atomic E-state index is 7.14. The molecule has 0 radical (unpaired) electrons. The molecule has 0 amide bonds. The topological polar surface area (TPSA) is 21.7 Å². The minimum atomic E-state index is 0.578. The number of thioether (sulfide) groups is 1. The normalized spacial score (nSPS) is 56.2. The van der Waals surface area contributed by atoms with Gasteiger partial charge in [-0.2, -0.15) is 11.8 Å². The van der Waals surface area contributed by atoms with Crippen molar-refractivity contribution in [3.8, 4) is 0 Å². The van der Waals surface area contributed by atoms with Crippen molar-refractivity contribution in [2.24, 2.45) is 82.9 Å². The molecule has 0 aromatic carbocycles. The summed E-state index contributed by atoms with van der Waals surface area (Å²) in [4.78, 5) is 3.45. The van der Waals surface area contributed by atoms with Crippen molar-refractivity contribution in [3.63, 3.8) is 0 Å². The van der Waals surface area contributed by atoms with E-state index >= 15 is 0 Å². The van der Waals surface area contributed by atoms with Gasteiger partial charge in [-0.1, -0.05) is 64.2 Å². The largest absolute Gasteiger partial charge is 0.374 e. The van der Waals surface area contributed by atoms with Crippen LogP contribution in [-0.2, 0) is 9.47 Å². The molecular formula is C56H89NO2S. The SMILES string of the molecule is C1CCC2C(C1)CCC1CCC(C3CCC(N(C4CCCC(C5CCCC6C7CCC8OC9CCCCC9C8C7SC56)C4)C4CCCC5OC6CCCCC6C54)CC3)CC12. The zero-order chi connectivity index (χ0) is 39.3. The van der Waals surface area contributed by atoms with E-state index in [2.05, 4.69) is 16.7 Å². The van der Waals surface area contributed by atoms with Gasteiger partial charge in [0.15, 0.2) is 0 Å². The van der Waals surface area contributed by atoms with E-state index in [1.54, 1.807) is 96.3 Å². The van der Waals surface area contributed by atoms with Crippen LogP contribution in [0.3, 0.4) is 0 Å². The van der Waals surface area contributed by atoms with Crippen molar-refractivity contribution in [2.45, 2.75) is 265 Å². The Bertz CT molecular complexity index is 1480. The quantitative estimate of drug-likeness (QED) is 0.275. The van der Waals surface area contributed by atoms with Gasteiger partial charge in [-0.3, -0.25) is 4.90 Å². The molecule has 3 nitrogen and oxygen atoms in total. The smallest absolute Gasteiger partial charge is 0.0625 e. The van der Waals surface area contributed by atoms with Crippen molar-refractivity contribution >= 4 is 11.8 Å². The highest BCUT2D eigenvalue weighted by molar-refractivity contribution is 8.00. The highest BCUT2D eigenvalue weighted by Gasteiger charge is 2.60. The molecule has 336 valence electrons. The Hall–Kier alpha value is 0.230. The molecule has 10 saturated carbocycles. The summed E-state index contributed by atoms with van der Waals surface area (Å²) in [5, 5.41) is 1.90. The van der Waals surface area contributed by atoms with Gasteiger partial charge in [-0.15, -0.1) is 0 Å². The molecule has 3 heterocycles. The highest BCUT2D eigenvalue weighted by Crippen LogP contribution is 2.64. The van der Waals surface area contributed by atoms with Crippen LogP contribution in [0.1, 0.15) is 212 Å². The minimum Gasteiger partial charge on any atom is -0.374 e. The summed E-state index contributed by atoms with van der Waals surface area (Å²) in [7, 11) is 0. The lowest BCUT2D eigenvalue weighted by molar-refractivity contribution is -0.0583. The number of hydrogen-bond acceptors (Lipinski definition) is 4. The van der Waals surface area contributed by atoms with Crippen LogP contribution >= 0.6 is 11.8 Å². The molecule has 60 heavy (non-hydrogen) atoms. The number of rotatable bonds is 5. The Labute approximate surface area is 372 Å². The van der Waals surface area contributed by atoms with Crippen LogP contribution in [0, 0.1) is 82.9 Å². The third-order valence-corrected chi connectivity index (χ3v) is 25.3. The second-order valence-electron chi connectivity index (χ2n) is 25.4. The van der Waals surface area contributed by atoms with Crippen LogP contribution in [0.25, 0.3) is 0 Å². The van der Waals surface area contributed by atoms with Crippen LogP contribution in [0.4, 0.5) is 0 Å². The van der Waals surface area contributed by atoms with Gasteiger partial charge >= 0.3 is 0 Å². The first-order valence-corrected chi connectivity index (χ1v) is 29.4. The lowest BCUT2D eigenvalue weighted by atomic mass is 9.55. The number of hydrogen-bond donors (Lipinski definition) is 0. The van der Waals surface area contributed by atoms with E-state index in [-0.39, 0.29) is 0 Å². The summed E-state index contributed by atoms with van der Waals surface area (Å²) < 4.78 is 14.1. The zero-order valence-corrected chi connectivity index (χ0v) is 39.1. The van der Waals surface area contributed by atoms with E-state index < -0.39 is 0 Å². The van der Waals surface area contributed by atoms with E-state index in [1.165, 1.54) is 116 Å². The lowest BCUT2D eigenvalue weighted by Crippen LogP contribution is -2.58. The monoisotopic (exact) mass is 840 g/mol. The molecule has 0 aromatic rings. The molecule has 13 aliphatic rings. The fraction of sp³-hybridized carbons (Fsp3) is 1.00. The summed E-state index contributed by atoms with van der Waals surface area (Å²) in [6.45, 7) is 0. The lowest BCUT2D eigenvalue weighted by Gasteiger charge is -2.54. The van der Waals surface area contributed by atoms with E-state index in [4.69, 9.17) is 9.47 Å². The molecule has 21 unspecified atom stereocenters. The Morgan fingerprint density at radius 2 is 0.867 bits per heavy atom. The van der Waals surface area contributed by atoms with Gasteiger partial charge in [-0.05, 0) is 219 Å². The predicted molar refractivity (Wildman–Crippen MR) is 247 cm³/mol. The standard InChI is InChI=1S/C56H89NO2S/c1-2-13-41-35(10-1)22-23-36-24-25-37(33-47(36)41)34-26-28-39(29-27-34)57(48-18-9-21-51-53(48)45-14-3-5-19-49(45)58-51)40-12-7-11-38(32-40)42-16-8-17-43-44-30-31-52-54(56(44)60-55(42)43)46-15-4-6-20-50(46)59-52/h34-56H,1-33H2. The van der Waals surface area contributed by atoms with Crippen LogP contribution in [0.15, 0.2) is 0 Å². The van der Waals surface area contributed by atoms with Gasteiger partial charge in [0, 0.05) is 40.5 Å². The van der Waals surface area contributed by atoms with Crippen molar-refractivity contribution in [2.75, 3.05) is 0 Å². The second kappa shape index (κ2) is 17.1. The summed E-state index contributed by atoms with van der Waals surface area (Å²) >= 11 is 2.62. The van der Waals surface area contributed by atoms with Crippen LogP contribution < -0.4 is 0 Å². The number of nitrogens with zero attached hydrogens (tertiary/aromatic N) is 1. The molecule has 10 aliphatic carbocycles. The summed E-state index contributed by atoms with van der Waals surface area (Å²) in [5.41, 5.74) is 0. The molecule has 4 heteroatoms. The van der Waals surface area contributed by atoms with Crippen LogP contribution in [0.5, 0.6) is 0 Å². The average Bonchev–Trinajstić information content (AvgIpc) is 4.01. The minimum absolute atomic E-state index is 0.578. The fourth-order valence-electron chi connectivity index (χ4n) is 21.0. The highest BCUT2D eigenvalue weighted by atomic mass is 32.2. The molecule has 3 saturated heterocycles. The van der Waals surface area contributed by atoms with Crippen molar-refractivity contribution in [1.82, 2.24) is 4.90 Å². The summed E-state index contributed by atoms with van der Waals surface area (Å²) in [6.07, 6.45) is 52.3. The predicted octanol–water partition coefficient (Wildman–Crippen LogP) is 14.0. The molecular weight excluding hydrogens is 751 g/mol. The maximum Gasteiger partial charge on any atom is 0.0625 e. The molecule has 13 rings (SSSR count). The first kappa shape index (κ1) is 40.5. The van der Waals surface area contributed by atoms with E-state index in [1.807, 2.05) is 0 Å². The number of fused-ring (bicyclic) bond motifs is 13. The molecule has 0 bridgehead atoms. The van der Waals surface area contributed by atoms with E-state index in [0.29, 0.717) is 24.4 Å². The first-order valence-electron chi connectivity index (χ1n) is 28.5.